The van der Waals surface area contributed by atoms with E-state index in [4.69, 9.17) is 10.8 Å². The summed E-state index contributed by atoms with van der Waals surface area (Å²) >= 11 is 0. The van der Waals surface area contributed by atoms with Gasteiger partial charge in [-0.05, 0) is 25.0 Å². The van der Waals surface area contributed by atoms with E-state index >= 15 is 0 Å². The molecule has 1 fully saturated rings. The fraction of sp³-hybridized carbons (Fsp3) is 0.417. The van der Waals surface area contributed by atoms with E-state index in [0.717, 1.165) is 5.56 Å². The van der Waals surface area contributed by atoms with E-state index in [1.807, 2.05) is 0 Å². The summed E-state index contributed by atoms with van der Waals surface area (Å²) in [6, 6.07) is 4.88. The summed E-state index contributed by atoms with van der Waals surface area (Å²) in [5, 5.41) is 20.1. The minimum Gasteiger partial charge on any atom is -0.480 e. The minimum atomic E-state index is -1.33. The molecule has 0 radical (unpaired) electrons. The van der Waals surface area contributed by atoms with Crippen LogP contribution in [0.1, 0.15) is 12.0 Å². The molecule has 1 saturated heterocycles. The molecule has 7 nitrogen and oxygen atoms in total. The second kappa shape index (κ2) is 4.51. The topological polar surface area (TPSA) is 110 Å². The summed E-state index contributed by atoms with van der Waals surface area (Å²) in [6.45, 7) is 2.24. The van der Waals surface area contributed by atoms with Gasteiger partial charge in [-0.25, -0.2) is 0 Å². The molecule has 0 aromatic heterocycles. The van der Waals surface area contributed by atoms with E-state index in [1.54, 1.807) is 24.0 Å². The summed E-state index contributed by atoms with van der Waals surface area (Å²) < 4.78 is 0. The van der Waals surface area contributed by atoms with Crippen molar-refractivity contribution in [2.45, 2.75) is 18.9 Å². The van der Waals surface area contributed by atoms with Crippen molar-refractivity contribution in [3.05, 3.63) is 33.9 Å². The van der Waals surface area contributed by atoms with E-state index in [2.05, 4.69) is 0 Å². The van der Waals surface area contributed by atoms with Crippen LogP contribution in [-0.4, -0.2) is 34.6 Å². The largest absolute Gasteiger partial charge is 0.480 e. The SMILES string of the molecule is Cc1ccc(N2CCC(N)(C(=O)O)C2)c([N+](=O)[O-])c1. The van der Waals surface area contributed by atoms with Gasteiger partial charge in [0.2, 0.25) is 0 Å². The first-order chi connectivity index (χ1) is 8.83. The van der Waals surface area contributed by atoms with Crippen LogP contribution in [0, 0.1) is 17.0 Å². The second-order valence-corrected chi connectivity index (χ2v) is 4.88. The lowest BCUT2D eigenvalue weighted by Crippen LogP contribution is -2.50. The van der Waals surface area contributed by atoms with Crippen LogP contribution in [0.3, 0.4) is 0 Å². The van der Waals surface area contributed by atoms with Gasteiger partial charge in [0, 0.05) is 19.2 Å². The number of anilines is 1. The highest BCUT2D eigenvalue weighted by atomic mass is 16.6. The molecule has 1 aromatic carbocycles. The number of nitrogens with two attached hydrogens (primary N) is 1. The number of aryl methyl sites for hydroxylation is 1. The van der Waals surface area contributed by atoms with Crippen molar-refractivity contribution in [1.29, 1.82) is 0 Å². The van der Waals surface area contributed by atoms with Gasteiger partial charge in [0.05, 0.1) is 4.92 Å². The zero-order chi connectivity index (χ0) is 14.2. The summed E-state index contributed by atoms with van der Waals surface area (Å²) in [5.41, 5.74) is 5.63. The number of aliphatic carboxylic acids is 1. The molecule has 3 N–H and O–H groups in total. The van der Waals surface area contributed by atoms with Gasteiger partial charge >= 0.3 is 5.97 Å². The number of nitro groups is 1. The normalized spacial score (nSPS) is 22.5. The minimum absolute atomic E-state index is 0.0189. The van der Waals surface area contributed by atoms with Gasteiger partial charge in [-0.1, -0.05) is 6.07 Å². The molecule has 7 heteroatoms. The monoisotopic (exact) mass is 265 g/mol. The maximum absolute atomic E-state index is 11.1. The maximum atomic E-state index is 11.1. The highest BCUT2D eigenvalue weighted by Gasteiger charge is 2.42. The molecular formula is C12H15N3O4. The first-order valence-electron chi connectivity index (χ1n) is 5.86. The molecule has 0 amide bonds. The highest BCUT2D eigenvalue weighted by molar-refractivity contribution is 5.81. The number of rotatable bonds is 3. The van der Waals surface area contributed by atoms with Gasteiger partial charge < -0.3 is 15.7 Å². The fourth-order valence-electron chi connectivity index (χ4n) is 2.26. The molecule has 0 spiro atoms. The van der Waals surface area contributed by atoms with Crippen LogP contribution >= 0.6 is 0 Å². The molecule has 1 aliphatic heterocycles. The summed E-state index contributed by atoms with van der Waals surface area (Å²) in [6.07, 6.45) is 0.271. The average molecular weight is 265 g/mol. The van der Waals surface area contributed by atoms with Crippen LogP contribution < -0.4 is 10.6 Å². The maximum Gasteiger partial charge on any atom is 0.325 e. The number of carboxylic acids is 1. The van der Waals surface area contributed by atoms with E-state index in [-0.39, 0.29) is 18.7 Å². The van der Waals surface area contributed by atoms with Crippen molar-refractivity contribution in [3.63, 3.8) is 0 Å². The Bertz CT molecular complexity index is 546. The van der Waals surface area contributed by atoms with Gasteiger partial charge in [-0.15, -0.1) is 0 Å². The van der Waals surface area contributed by atoms with Gasteiger partial charge in [-0.3, -0.25) is 14.9 Å². The van der Waals surface area contributed by atoms with Crippen molar-refractivity contribution in [2.75, 3.05) is 18.0 Å². The first-order valence-corrected chi connectivity index (χ1v) is 5.86. The smallest absolute Gasteiger partial charge is 0.325 e. The van der Waals surface area contributed by atoms with Crippen molar-refractivity contribution in [2.24, 2.45) is 5.73 Å². The third-order valence-corrected chi connectivity index (χ3v) is 3.40. The van der Waals surface area contributed by atoms with Crippen molar-refractivity contribution >= 4 is 17.3 Å². The Morgan fingerprint density at radius 1 is 1.58 bits per heavy atom. The van der Waals surface area contributed by atoms with E-state index < -0.39 is 16.4 Å². The Balaban J connectivity index is 2.34. The summed E-state index contributed by atoms with van der Waals surface area (Å²) in [4.78, 5) is 23.3. The zero-order valence-corrected chi connectivity index (χ0v) is 10.5. The van der Waals surface area contributed by atoms with Gasteiger partial charge in [0.25, 0.3) is 5.69 Å². The molecule has 0 aliphatic carbocycles. The van der Waals surface area contributed by atoms with Crippen LogP contribution in [-0.2, 0) is 4.79 Å². The van der Waals surface area contributed by atoms with Gasteiger partial charge in [0.15, 0.2) is 0 Å². The van der Waals surface area contributed by atoms with E-state index in [0.29, 0.717) is 12.2 Å². The number of benzene rings is 1. The average Bonchev–Trinajstić information content (AvgIpc) is 2.73. The standard InChI is InChI=1S/C12H15N3O4/c1-8-2-3-9(10(6-8)15(18)19)14-5-4-12(13,7-14)11(16)17/h2-3,6H,4-5,7,13H2,1H3,(H,16,17). The Morgan fingerprint density at radius 3 is 2.79 bits per heavy atom. The number of nitrogens with zero attached hydrogens (tertiary/aromatic N) is 2. The highest BCUT2D eigenvalue weighted by Crippen LogP contribution is 2.33. The quantitative estimate of drug-likeness (QED) is 0.620. The second-order valence-electron chi connectivity index (χ2n) is 4.88. The molecule has 1 unspecified atom stereocenters. The van der Waals surface area contributed by atoms with Crippen LogP contribution in [0.2, 0.25) is 0 Å². The van der Waals surface area contributed by atoms with E-state index in [9.17, 15) is 14.9 Å². The van der Waals surface area contributed by atoms with Crippen LogP contribution in [0.4, 0.5) is 11.4 Å². The van der Waals surface area contributed by atoms with E-state index in [1.165, 1.54) is 6.07 Å². The Labute approximate surface area is 109 Å². The van der Waals surface area contributed by atoms with Gasteiger partial charge in [0.1, 0.15) is 11.2 Å². The molecule has 1 aliphatic rings. The molecule has 1 atom stereocenters. The third-order valence-electron chi connectivity index (χ3n) is 3.40. The Hall–Kier alpha value is -2.15. The molecule has 2 rings (SSSR count). The lowest BCUT2D eigenvalue weighted by Gasteiger charge is -2.21. The lowest BCUT2D eigenvalue weighted by atomic mass is 10.0. The van der Waals surface area contributed by atoms with Crippen LogP contribution in [0.25, 0.3) is 0 Å². The predicted molar refractivity (Wildman–Crippen MR) is 69.2 cm³/mol. The number of carbonyl (C=O) groups is 1. The number of hydrogen-bond donors (Lipinski definition) is 2. The predicted octanol–water partition coefficient (Wildman–Crippen LogP) is 0.895. The van der Waals surface area contributed by atoms with Crippen LogP contribution in [0.5, 0.6) is 0 Å². The molecule has 0 bridgehead atoms. The number of hydrogen-bond acceptors (Lipinski definition) is 5. The third kappa shape index (κ3) is 2.37. The molecular weight excluding hydrogens is 250 g/mol. The number of nitro benzene ring substituents is 1. The molecule has 102 valence electrons. The number of carboxylic acid groups (broad SMARTS) is 1. The summed E-state index contributed by atoms with van der Waals surface area (Å²) in [7, 11) is 0. The molecule has 19 heavy (non-hydrogen) atoms. The van der Waals surface area contributed by atoms with Crippen molar-refractivity contribution < 1.29 is 14.8 Å². The molecule has 1 heterocycles. The van der Waals surface area contributed by atoms with Crippen molar-refractivity contribution in [1.82, 2.24) is 0 Å². The Kier molecular flexibility index (Phi) is 3.15. The fourth-order valence-corrected chi connectivity index (χ4v) is 2.26. The van der Waals surface area contributed by atoms with Crippen molar-refractivity contribution in [3.8, 4) is 0 Å². The Morgan fingerprint density at radius 2 is 2.26 bits per heavy atom. The molecule has 0 saturated carbocycles. The van der Waals surface area contributed by atoms with Crippen LogP contribution in [0.15, 0.2) is 18.2 Å². The zero-order valence-electron chi connectivity index (χ0n) is 10.5. The summed E-state index contributed by atoms with van der Waals surface area (Å²) in [5.74, 6) is -1.08. The van der Waals surface area contributed by atoms with Gasteiger partial charge in [-0.2, -0.15) is 0 Å². The molecule has 1 aromatic rings. The lowest BCUT2D eigenvalue weighted by molar-refractivity contribution is -0.384. The first kappa shape index (κ1) is 13.3.